The molecule has 92 valence electrons. The monoisotopic (exact) mass is 234 g/mol. The van der Waals surface area contributed by atoms with Crippen LogP contribution in [0.1, 0.15) is 37.0 Å². The van der Waals surface area contributed by atoms with Gasteiger partial charge in [0.15, 0.2) is 0 Å². The average molecular weight is 234 g/mol. The lowest BCUT2D eigenvalue weighted by molar-refractivity contribution is -0.115. The first-order valence-corrected chi connectivity index (χ1v) is 5.86. The number of para-hydroxylation sites is 1. The molecule has 0 aliphatic carbocycles. The van der Waals surface area contributed by atoms with E-state index in [-0.39, 0.29) is 11.8 Å². The molecule has 4 nitrogen and oxygen atoms in total. The van der Waals surface area contributed by atoms with Crippen molar-refractivity contribution in [3.8, 4) is 0 Å². The molecule has 0 atom stereocenters. The summed E-state index contributed by atoms with van der Waals surface area (Å²) in [5.74, 6) is -0.250. The van der Waals surface area contributed by atoms with Gasteiger partial charge in [-0.1, -0.05) is 26.0 Å². The van der Waals surface area contributed by atoms with Crippen LogP contribution in [0, 0.1) is 0 Å². The second-order valence-corrected chi connectivity index (χ2v) is 3.70. The van der Waals surface area contributed by atoms with E-state index in [1.165, 1.54) is 0 Å². The maximum Gasteiger partial charge on any atom is 0.253 e. The third-order valence-corrected chi connectivity index (χ3v) is 2.30. The van der Waals surface area contributed by atoms with E-state index in [4.69, 9.17) is 0 Å². The first-order chi connectivity index (χ1) is 8.19. The van der Waals surface area contributed by atoms with Gasteiger partial charge in [-0.2, -0.15) is 0 Å². The summed E-state index contributed by atoms with van der Waals surface area (Å²) < 4.78 is 0. The molecule has 0 radical (unpaired) electrons. The Morgan fingerprint density at radius 3 is 2.53 bits per heavy atom. The third kappa shape index (κ3) is 3.90. The lowest BCUT2D eigenvalue weighted by Gasteiger charge is -2.10. The minimum absolute atomic E-state index is 0.0965. The van der Waals surface area contributed by atoms with Crippen LogP contribution < -0.4 is 10.6 Å². The van der Waals surface area contributed by atoms with Gasteiger partial charge in [0, 0.05) is 13.0 Å². The largest absolute Gasteiger partial charge is 0.352 e. The molecule has 2 N–H and O–H groups in total. The molecule has 0 bridgehead atoms. The Hall–Kier alpha value is -1.84. The highest BCUT2D eigenvalue weighted by molar-refractivity contribution is 6.03. The van der Waals surface area contributed by atoms with Crippen molar-refractivity contribution in [2.75, 3.05) is 11.9 Å². The highest BCUT2D eigenvalue weighted by Gasteiger charge is 2.11. The number of carbonyl (C=O) groups excluding carboxylic acids is 2. The predicted octanol–water partition coefficient (Wildman–Crippen LogP) is 2.17. The van der Waals surface area contributed by atoms with Crippen LogP contribution in [-0.4, -0.2) is 18.4 Å². The molecule has 1 aromatic rings. The van der Waals surface area contributed by atoms with Crippen LogP contribution in [0.4, 0.5) is 5.69 Å². The summed E-state index contributed by atoms with van der Waals surface area (Å²) in [5.41, 5.74) is 1.07. The van der Waals surface area contributed by atoms with Crippen LogP contribution in [0.15, 0.2) is 24.3 Å². The molecular weight excluding hydrogens is 216 g/mol. The first-order valence-electron chi connectivity index (χ1n) is 5.86. The molecule has 1 aromatic carbocycles. The number of carbonyl (C=O) groups is 2. The van der Waals surface area contributed by atoms with Gasteiger partial charge in [-0.05, 0) is 18.6 Å². The van der Waals surface area contributed by atoms with E-state index in [0.717, 1.165) is 6.42 Å². The van der Waals surface area contributed by atoms with Gasteiger partial charge in [0.05, 0.1) is 11.3 Å². The molecule has 0 aliphatic rings. The molecule has 0 saturated heterocycles. The van der Waals surface area contributed by atoms with Gasteiger partial charge in [-0.3, -0.25) is 9.59 Å². The highest BCUT2D eigenvalue weighted by atomic mass is 16.2. The average Bonchev–Trinajstić information content (AvgIpc) is 2.36. The van der Waals surface area contributed by atoms with Gasteiger partial charge in [0.25, 0.3) is 5.91 Å². The third-order valence-electron chi connectivity index (χ3n) is 2.30. The summed E-state index contributed by atoms with van der Waals surface area (Å²) >= 11 is 0. The fourth-order valence-corrected chi connectivity index (χ4v) is 1.36. The van der Waals surface area contributed by atoms with Gasteiger partial charge >= 0.3 is 0 Å². The molecule has 17 heavy (non-hydrogen) atoms. The van der Waals surface area contributed by atoms with E-state index >= 15 is 0 Å². The maximum absolute atomic E-state index is 11.8. The number of nitrogens with one attached hydrogen (secondary N) is 2. The maximum atomic E-state index is 11.8. The summed E-state index contributed by atoms with van der Waals surface area (Å²) in [4.78, 5) is 23.2. The molecule has 0 fully saturated rings. The second-order valence-electron chi connectivity index (χ2n) is 3.70. The Labute approximate surface area is 101 Å². The molecule has 0 aliphatic heterocycles. The van der Waals surface area contributed by atoms with Gasteiger partial charge in [-0.15, -0.1) is 0 Å². The van der Waals surface area contributed by atoms with Crippen LogP contribution in [0.5, 0.6) is 0 Å². The zero-order valence-corrected chi connectivity index (χ0v) is 10.2. The number of hydrogen-bond donors (Lipinski definition) is 2. The Balaban J connectivity index is 2.83. The molecule has 1 rings (SSSR count). The van der Waals surface area contributed by atoms with Crippen LogP contribution in [-0.2, 0) is 4.79 Å². The Kier molecular flexibility index (Phi) is 5.20. The minimum Gasteiger partial charge on any atom is -0.352 e. The Bertz CT molecular complexity index is 402. The van der Waals surface area contributed by atoms with Gasteiger partial charge in [0.1, 0.15) is 0 Å². The van der Waals surface area contributed by atoms with E-state index in [0.29, 0.717) is 24.2 Å². The van der Waals surface area contributed by atoms with E-state index in [2.05, 4.69) is 10.6 Å². The van der Waals surface area contributed by atoms with Crippen molar-refractivity contribution in [2.24, 2.45) is 0 Å². The predicted molar refractivity (Wildman–Crippen MR) is 68.0 cm³/mol. The molecule has 0 heterocycles. The zero-order chi connectivity index (χ0) is 12.7. The van der Waals surface area contributed by atoms with E-state index in [1.54, 1.807) is 31.2 Å². The normalized spacial score (nSPS) is 9.76. The summed E-state index contributed by atoms with van der Waals surface area (Å²) in [5, 5.41) is 5.51. The van der Waals surface area contributed by atoms with Gasteiger partial charge < -0.3 is 10.6 Å². The van der Waals surface area contributed by atoms with Crippen LogP contribution in [0.25, 0.3) is 0 Å². The number of rotatable bonds is 5. The quantitative estimate of drug-likeness (QED) is 0.820. The van der Waals surface area contributed by atoms with Crippen LogP contribution in [0.3, 0.4) is 0 Å². The molecule has 0 saturated carbocycles. The molecule has 0 spiro atoms. The van der Waals surface area contributed by atoms with Crippen molar-refractivity contribution in [2.45, 2.75) is 26.7 Å². The zero-order valence-electron chi connectivity index (χ0n) is 10.2. The Morgan fingerprint density at radius 2 is 1.88 bits per heavy atom. The first kappa shape index (κ1) is 13.2. The molecule has 4 heteroatoms. The summed E-state index contributed by atoms with van der Waals surface area (Å²) in [6, 6.07) is 7.01. The lowest BCUT2D eigenvalue weighted by atomic mass is 10.1. The van der Waals surface area contributed by atoms with E-state index < -0.39 is 0 Å². The Morgan fingerprint density at radius 1 is 1.18 bits per heavy atom. The van der Waals surface area contributed by atoms with Crippen molar-refractivity contribution in [3.05, 3.63) is 29.8 Å². The molecule has 0 unspecified atom stereocenters. The van der Waals surface area contributed by atoms with Gasteiger partial charge in [-0.25, -0.2) is 0 Å². The minimum atomic E-state index is -0.154. The highest BCUT2D eigenvalue weighted by Crippen LogP contribution is 2.15. The van der Waals surface area contributed by atoms with E-state index in [9.17, 15) is 9.59 Å². The molecular formula is C13H18N2O2. The second kappa shape index (κ2) is 6.68. The fraction of sp³-hybridized carbons (Fsp3) is 0.385. The molecule has 2 amide bonds. The van der Waals surface area contributed by atoms with Crippen molar-refractivity contribution in [1.82, 2.24) is 5.32 Å². The van der Waals surface area contributed by atoms with Crippen molar-refractivity contribution in [3.63, 3.8) is 0 Å². The summed E-state index contributed by atoms with van der Waals surface area (Å²) in [6.07, 6.45) is 1.28. The summed E-state index contributed by atoms with van der Waals surface area (Å²) in [6.45, 7) is 4.40. The SMILES string of the molecule is CCCNC(=O)c1ccccc1NC(=O)CC. The van der Waals surface area contributed by atoms with Crippen molar-refractivity contribution in [1.29, 1.82) is 0 Å². The van der Waals surface area contributed by atoms with Crippen molar-refractivity contribution < 1.29 is 9.59 Å². The fourth-order valence-electron chi connectivity index (χ4n) is 1.36. The van der Waals surface area contributed by atoms with Crippen LogP contribution >= 0.6 is 0 Å². The summed E-state index contributed by atoms with van der Waals surface area (Å²) in [7, 11) is 0. The smallest absolute Gasteiger partial charge is 0.253 e. The molecule has 0 aromatic heterocycles. The van der Waals surface area contributed by atoms with Crippen LogP contribution in [0.2, 0.25) is 0 Å². The topological polar surface area (TPSA) is 58.2 Å². The standard InChI is InChI=1S/C13H18N2O2/c1-3-9-14-13(17)10-7-5-6-8-11(10)15-12(16)4-2/h5-8H,3-4,9H2,1-2H3,(H,14,17)(H,15,16). The number of hydrogen-bond acceptors (Lipinski definition) is 2. The van der Waals surface area contributed by atoms with Crippen molar-refractivity contribution >= 4 is 17.5 Å². The number of amides is 2. The number of benzene rings is 1. The van der Waals surface area contributed by atoms with Gasteiger partial charge in [0.2, 0.25) is 5.91 Å². The lowest BCUT2D eigenvalue weighted by Crippen LogP contribution is -2.25. The number of anilines is 1. The van der Waals surface area contributed by atoms with E-state index in [1.807, 2.05) is 6.92 Å².